The van der Waals surface area contributed by atoms with Gasteiger partial charge in [0, 0.05) is 46.2 Å². The SMILES string of the molecule is CN1CCN(C(=O)C[C@H]2C(=O)NCCC(=O)N2C)CC1. The monoisotopic (exact) mass is 282 g/mol. The van der Waals surface area contributed by atoms with Crippen molar-refractivity contribution in [2.75, 3.05) is 46.8 Å². The number of carbonyl (C=O) groups excluding carboxylic acids is 3. The maximum Gasteiger partial charge on any atom is 0.243 e. The van der Waals surface area contributed by atoms with E-state index in [-0.39, 0.29) is 24.1 Å². The molecule has 0 unspecified atom stereocenters. The summed E-state index contributed by atoms with van der Waals surface area (Å²) in [5, 5.41) is 2.69. The van der Waals surface area contributed by atoms with Crippen molar-refractivity contribution in [3.05, 3.63) is 0 Å². The zero-order chi connectivity index (χ0) is 14.7. The van der Waals surface area contributed by atoms with Crippen molar-refractivity contribution in [1.29, 1.82) is 0 Å². The van der Waals surface area contributed by atoms with Crippen LogP contribution in [0.15, 0.2) is 0 Å². The van der Waals surface area contributed by atoms with E-state index in [9.17, 15) is 14.4 Å². The van der Waals surface area contributed by atoms with E-state index < -0.39 is 6.04 Å². The molecule has 7 nitrogen and oxygen atoms in total. The van der Waals surface area contributed by atoms with Gasteiger partial charge in [-0.25, -0.2) is 0 Å². The molecule has 7 heteroatoms. The largest absolute Gasteiger partial charge is 0.354 e. The summed E-state index contributed by atoms with van der Waals surface area (Å²) < 4.78 is 0. The van der Waals surface area contributed by atoms with Crippen LogP contribution in [0, 0.1) is 0 Å². The molecule has 0 aliphatic carbocycles. The lowest BCUT2D eigenvalue weighted by atomic mass is 10.1. The molecule has 3 amide bonds. The van der Waals surface area contributed by atoms with Crippen LogP contribution in [0.25, 0.3) is 0 Å². The lowest BCUT2D eigenvalue weighted by molar-refractivity contribution is -0.141. The van der Waals surface area contributed by atoms with Crippen LogP contribution in [0.4, 0.5) is 0 Å². The normalized spacial score (nSPS) is 25.4. The molecule has 2 aliphatic heterocycles. The molecule has 0 spiro atoms. The molecule has 1 atom stereocenters. The Balaban J connectivity index is 1.97. The molecule has 1 N–H and O–H groups in total. The van der Waals surface area contributed by atoms with E-state index in [0.717, 1.165) is 13.1 Å². The molecule has 2 saturated heterocycles. The average Bonchev–Trinajstić information content (AvgIpc) is 2.54. The molecule has 2 aliphatic rings. The number of carbonyl (C=O) groups is 3. The third kappa shape index (κ3) is 3.27. The number of rotatable bonds is 2. The number of likely N-dealkylation sites (N-methyl/N-ethyl adjacent to an activating group) is 2. The van der Waals surface area contributed by atoms with Crippen molar-refractivity contribution in [3.63, 3.8) is 0 Å². The van der Waals surface area contributed by atoms with Crippen molar-refractivity contribution in [3.8, 4) is 0 Å². The Morgan fingerprint density at radius 1 is 1.20 bits per heavy atom. The first-order chi connectivity index (χ1) is 9.49. The van der Waals surface area contributed by atoms with Gasteiger partial charge in [-0.3, -0.25) is 14.4 Å². The Bertz CT molecular complexity index is 404. The van der Waals surface area contributed by atoms with Crippen molar-refractivity contribution in [1.82, 2.24) is 20.0 Å². The van der Waals surface area contributed by atoms with E-state index in [1.165, 1.54) is 4.90 Å². The highest BCUT2D eigenvalue weighted by atomic mass is 16.2. The van der Waals surface area contributed by atoms with Gasteiger partial charge in [-0.15, -0.1) is 0 Å². The zero-order valence-corrected chi connectivity index (χ0v) is 12.1. The number of piperazine rings is 1. The first kappa shape index (κ1) is 14.8. The van der Waals surface area contributed by atoms with E-state index in [4.69, 9.17) is 0 Å². The van der Waals surface area contributed by atoms with Crippen molar-refractivity contribution in [2.24, 2.45) is 0 Å². The van der Waals surface area contributed by atoms with Gasteiger partial charge >= 0.3 is 0 Å². The van der Waals surface area contributed by atoms with Crippen LogP contribution in [0.2, 0.25) is 0 Å². The molecule has 0 aromatic carbocycles. The second-order valence-corrected chi connectivity index (χ2v) is 5.45. The third-order valence-corrected chi connectivity index (χ3v) is 4.03. The zero-order valence-electron chi connectivity index (χ0n) is 12.1. The van der Waals surface area contributed by atoms with Gasteiger partial charge in [-0.1, -0.05) is 0 Å². The van der Waals surface area contributed by atoms with E-state index >= 15 is 0 Å². The fraction of sp³-hybridized carbons (Fsp3) is 0.769. The summed E-state index contributed by atoms with van der Waals surface area (Å²) in [5.74, 6) is -0.389. The van der Waals surface area contributed by atoms with Crippen LogP contribution >= 0.6 is 0 Å². The molecule has 2 fully saturated rings. The molecule has 2 heterocycles. The van der Waals surface area contributed by atoms with Gasteiger partial charge in [0.25, 0.3) is 0 Å². The lowest BCUT2D eigenvalue weighted by Gasteiger charge is -2.34. The molecular formula is C13H22N4O3. The van der Waals surface area contributed by atoms with Gasteiger partial charge in [-0.05, 0) is 7.05 Å². The summed E-state index contributed by atoms with van der Waals surface area (Å²) >= 11 is 0. The number of amides is 3. The van der Waals surface area contributed by atoms with E-state index in [2.05, 4.69) is 10.2 Å². The molecule has 0 saturated carbocycles. The van der Waals surface area contributed by atoms with Gasteiger partial charge in [-0.2, -0.15) is 0 Å². The third-order valence-electron chi connectivity index (χ3n) is 4.03. The minimum Gasteiger partial charge on any atom is -0.354 e. The van der Waals surface area contributed by atoms with Crippen molar-refractivity contribution >= 4 is 17.7 Å². The highest BCUT2D eigenvalue weighted by Crippen LogP contribution is 2.11. The Hall–Kier alpha value is -1.63. The maximum absolute atomic E-state index is 12.3. The van der Waals surface area contributed by atoms with Gasteiger partial charge in [0.05, 0.1) is 6.42 Å². The summed E-state index contributed by atoms with van der Waals surface area (Å²) in [6.45, 7) is 3.40. The number of nitrogens with one attached hydrogen (secondary N) is 1. The van der Waals surface area contributed by atoms with Crippen molar-refractivity contribution in [2.45, 2.75) is 18.9 Å². The van der Waals surface area contributed by atoms with E-state index in [1.807, 2.05) is 7.05 Å². The molecule has 2 rings (SSSR count). The Morgan fingerprint density at radius 2 is 1.85 bits per heavy atom. The number of nitrogens with zero attached hydrogens (tertiary/aromatic N) is 3. The van der Waals surface area contributed by atoms with Crippen LogP contribution in [-0.2, 0) is 14.4 Å². The molecule has 112 valence electrons. The quantitative estimate of drug-likeness (QED) is 0.669. The first-order valence-electron chi connectivity index (χ1n) is 6.98. The van der Waals surface area contributed by atoms with E-state index in [0.29, 0.717) is 26.1 Å². The number of hydrogen-bond donors (Lipinski definition) is 1. The summed E-state index contributed by atoms with van der Waals surface area (Å²) in [5.41, 5.74) is 0. The topological polar surface area (TPSA) is 73.0 Å². The summed E-state index contributed by atoms with van der Waals surface area (Å²) in [7, 11) is 3.61. The van der Waals surface area contributed by atoms with Crippen molar-refractivity contribution < 1.29 is 14.4 Å². The van der Waals surface area contributed by atoms with Gasteiger partial charge < -0.3 is 20.0 Å². The molecule has 0 radical (unpaired) electrons. The highest BCUT2D eigenvalue weighted by molar-refractivity contribution is 5.93. The summed E-state index contributed by atoms with van der Waals surface area (Å²) in [6.07, 6.45) is 0.360. The Kier molecular flexibility index (Phi) is 4.59. The minimum atomic E-state index is -0.683. The predicted octanol–water partition coefficient (Wildman–Crippen LogP) is -1.50. The summed E-state index contributed by atoms with van der Waals surface area (Å²) in [6, 6.07) is -0.683. The van der Waals surface area contributed by atoms with Gasteiger partial charge in [0.15, 0.2) is 0 Å². The van der Waals surface area contributed by atoms with Crippen LogP contribution < -0.4 is 5.32 Å². The van der Waals surface area contributed by atoms with Gasteiger partial charge in [0.1, 0.15) is 6.04 Å². The fourth-order valence-electron chi connectivity index (χ4n) is 2.52. The lowest BCUT2D eigenvalue weighted by Crippen LogP contribution is -2.51. The van der Waals surface area contributed by atoms with E-state index in [1.54, 1.807) is 11.9 Å². The molecule has 0 bridgehead atoms. The first-order valence-corrected chi connectivity index (χ1v) is 6.98. The molecule has 0 aromatic heterocycles. The maximum atomic E-state index is 12.3. The van der Waals surface area contributed by atoms with Gasteiger partial charge in [0.2, 0.25) is 17.7 Å². The molecule has 20 heavy (non-hydrogen) atoms. The average molecular weight is 282 g/mol. The second-order valence-electron chi connectivity index (χ2n) is 5.45. The minimum absolute atomic E-state index is 0.0557. The van der Waals surface area contributed by atoms with Crippen LogP contribution in [0.5, 0.6) is 0 Å². The molecule has 0 aromatic rings. The second kappa shape index (κ2) is 6.21. The predicted molar refractivity (Wildman–Crippen MR) is 72.9 cm³/mol. The number of hydrogen-bond acceptors (Lipinski definition) is 4. The smallest absolute Gasteiger partial charge is 0.243 e. The Morgan fingerprint density at radius 3 is 2.50 bits per heavy atom. The summed E-state index contributed by atoms with van der Waals surface area (Å²) in [4.78, 5) is 41.3. The van der Waals surface area contributed by atoms with Crippen LogP contribution in [-0.4, -0.2) is 85.3 Å². The highest BCUT2D eigenvalue weighted by Gasteiger charge is 2.33. The Labute approximate surface area is 118 Å². The fourth-order valence-corrected chi connectivity index (χ4v) is 2.52. The van der Waals surface area contributed by atoms with Crippen LogP contribution in [0.3, 0.4) is 0 Å². The molecular weight excluding hydrogens is 260 g/mol. The van der Waals surface area contributed by atoms with Crippen LogP contribution in [0.1, 0.15) is 12.8 Å². The standard InChI is InChI=1S/C13H22N4O3/c1-15-5-7-17(8-6-15)12(19)9-10-13(20)14-4-3-11(18)16(10)2/h10H,3-9H2,1-2H3,(H,14,20)/t10-/m0/s1.